The fourth-order valence-corrected chi connectivity index (χ4v) is 3.35. The maximum absolute atomic E-state index is 12.8. The van der Waals surface area contributed by atoms with E-state index < -0.39 is 0 Å². The summed E-state index contributed by atoms with van der Waals surface area (Å²) in [6.45, 7) is 7.50. The van der Waals surface area contributed by atoms with Gasteiger partial charge >= 0.3 is 0 Å². The predicted octanol–water partition coefficient (Wildman–Crippen LogP) is 2.68. The van der Waals surface area contributed by atoms with Crippen LogP contribution in [0.2, 0.25) is 5.02 Å². The smallest absolute Gasteiger partial charge is 0.289 e. The number of benzene rings is 1. The van der Waals surface area contributed by atoms with Crippen molar-refractivity contribution in [2.24, 2.45) is 0 Å². The Morgan fingerprint density at radius 2 is 1.96 bits per heavy atom. The minimum Gasteiger partial charge on any atom is -0.451 e. The average Bonchev–Trinajstić information content (AvgIpc) is 2.96. The van der Waals surface area contributed by atoms with Crippen LogP contribution in [-0.4, -0.2) is 60.9 Å². The molecule has 7 heteroatoms. The van der Waals surface area contributed by atoms with Gasteiger partial charge in [-0.3, -0.25) is 14.5 Å². The summed E-state index contributed by atoms with van der Waals surface area (Å²) in [4.78, 5) is 28.5. The molecule has 2 amide bonds. The molecule has 3 rings (SSSR count). The molecule has 2 aromatic rings. The van der Waals surface area contributed by atoms with Gasteiger partial charge in [-0.25, -0.2) is 0 Å². The summed E-state index contributed by atoms with van der Waals surface area (Å²) in [7, 11) is 0. The number of rotatable bonds is 5. The molecule has 0 spiro atoms. The van der Waals surface area contributed by atoms with Gasteiger partial charge < -0.3 is 14.6 Å². The first-order valence-electron chi connectivity index (χ1n) is 8.96. The van der Waals surface area contributed by atoms with Gasteiger partial charge in [0.1, 0.15) is 5.58 Å². The van der Waals surface area contributed by atoms with Gasteiger partial charge in [-0.05, 0) is 31.5 Å². The lowest BCUT2D eigenvalue weighted by Crippen LogP contribution is -2.51. The van der Waals surface area contributed by atoms with Crippen molar-refractivity contribution in [1.29, 1.82) is 0 Å². The second kappa shape index (κ2) is 8.10. The maximum Gasteiger partial charge on any atom is 0.289 e. The Morgan fingerprint density at radius 3 is 2.65 bits per heavy atom. The lowest BCUT2D eigenvalue weighted by Gasteiger charge is -2.33. The number of carbonyl (C=O) groups excluding carboxylic acids is 2. The molecule has 2 heterocycles. The number of halogens is 1. The van der Waals surface area contributed by atoms with E-state index in [9.17, 15) is 9.59 Å². The number of hydrogen-bond acceptors (Lipinski definition) is 4. The third-order valence-corrected chi connectivity index (χ3v) is 4.93. The second-order valence-electron chi connectivity index (χ2n) is 6.61. The van der Waals surface area contributed by atoms with Crippen molar-refractivity contribution in [3.05, 3.63) is 34.5 Å². The van der Waals surface area contributed by atoms with Crippen LogP contribution in [0, 0.1) is 6.92 Å². The van der Waals surface area contributed by atoms with Gasteiger partial charge in [0, 0.05) is 48.7 Å². The van der Waals surface area contributed by atoms with Crippen LogP contribution in [0.4, 0.5) is 0 Å². The summed E-state index contributed by atoms with van der Waals surface area (Å²) in [5, 5.41) is 4.37. The van der Waals surface area contributed by atoms with Crippen LogP contribution in [-0.2, 0) is 4.79 Å². The molecule has 0 bridgehead atoms. The highest BCUT2D eigenvalue weighted by atomic mass is 35.5. The van der Waals surface area contributed by atoms with Crippen LogP contribution in [0.25, 0.3) is 11.0 Å². The third kappa shape index (κ3) is 4.02. The molecule has 140 valence electrons. The molecule has 1 saturated heterocycles. The number of carbonyl (C=O) groups is 2. The summed E-state index contributed by atoms with van der Waals surface area (Å²) in [6.07, 6.45) is 0.927. The van der Waals surface area contributed by atoms with E-state index in [-0.39, 0.29) is 11.8 Å². The quantitative estimate of drug-likeness (QED) is 0.870. The number of piperazine rings is 1. The Labute approximate surface area is 158 Å². The Balaban J connectivity index is 1.62. The Morgan fingerprint density at radius 1 is 1.23 bits per heavy atom. The minimum atomic E-state index is -0.107. The average molecular weight is 378 g/mol. The number of hydrogen-bond donors (Lipinski definition) is 1. The molecule has 0 radical (unpaired) electrons. The van der Waals surface area contributed by atoms with Crippen LogP contribution < -0.4 is 5.32 Å². The summed E-state index contributed by atoms with van der Waals surface area (Å²) < 4.78 is 5.78. The molecule has 1 fully saturated rings. The lowest BCUT2D eigenvalue weighted by molar-refractivity contribution is -0.122. The zero-order valence-electron chi connectivity index (χ0n) is 15.2. The van der Waals surface area contributed by atoms with Crippen LogP contribution in [0.1, 0.15) is 29.5 Å². The summed E-state index contributed by atoms with van der Waals surface area (Å²) in [5.41, 5.74) is 1.48. The van der Waals surface area contributed by atoms with Crippen molar-refractivity contribution in [2.45, 2.75) is 20.3 Å². The van der Waals surface area contributed by atoms with E-state index in [1.807, 2.05) is 19.9 Å². The second-order valence-corrected chi connectivity index (χ2v) is 7.05. The summed E-state index contributed by atoms with van der Waals surface area (Å²) in [6, 6.07) is 5.36. The third-order valence-electron chi connectivity index (χ3n) is 4.69. The molecule has 1 aliphatic rings. The lowest BCUT2D eigenvalue weighted by atomic mass is 10.1. The number of aryl methyl sites for hydroxylation is 1. The predicted molar refractivity (Wildman–Crippen MR) is 102 cm³/mol. The highest BCUT2D eigenvalue weighted by Gasteiger charge is 2.27. The zero-order chi connectivity index (χ0) is 18.7. The molecule has 1 aromatic carbocycles. The maximum atomic E-state index is 12.8. The van der Waals surface area contributed by atoms with Gasteiger partial charge in [0.15, 0.2) is 5.76 Å². The van der Waals surface area contributed by atoms with E-state index in [1.165, 1.54) is 0 Å². The molecule has 1 aliphatic heterocycles. The van der Waals surface area contributed by atoms with E-state index in [4.69, 9.17) is 16.0 Å². The minimum absolute atomic E-state index is 0.0385. The molecule has 0 saturated carbocycles. The molecule has 26 heavy (non-hydrogen) atoms. The topological polar surface area (TPSA) is 65.8 Å². The number of furan rings is 1. The molecule has 1 N–H and O–H groups in total. The summed E-state index contributed by atoms with van der Waals surface area (Å²) >= 11 is 6.04. The fraction of sp³-hybridized carbons (Fsp3) is 0.474. The van der Waals surface area contributed by atoms with Gasteiger partial charge in [0.05, 0.1) is 6.54 Å². The molecular weight excluding hydrogens is 354 g/mol. The first-order chi connectivity index (χ1) is 12.5. The normalized spacial score (nSPS) is 15.4. The number of nitrogens with one attached hydrogen (secondary N) is 1. The van der Waals surface area contributed by atoms with Crippen molar-refractivity contribution in [3.63, 3.8) is 0 Å². The Kier molecular flexibility index (Phi) is 5.84. The molecule has 6 nitrogen and oxygen atoms in total. The molecule has 0 unspecified atom stereocenters. The van der Waals surface area contributed by atoms with Gasteiger partial charge in [-0.2, -0.15) is 0 Å². The van der Waals surface area contributed by atoms with Crippen LogP contribution in [0.15, 0.2) is 22.6 Å². The van der Waals surface area contributed by atoms with E-state index in [1.54, 1.807) is 17.0 Å². The molecule has 0 atom stereocenters. The van der Waals surface area contributed by atoms with Gasteiger partial charge in [0.25, 0.3) is 5.91 Å². The van der Waals surface area contributed by atoms with E-state index in [2.05, 4.69) is 10.2 Å². The van der Waals surface area contributed by atoms with Gasteiger partial charge in [0.2, 0.25) is 5.91 Å². The van der Waals surface area contributed by atoms with Crippen molar-refractivity contribution < 1.29 is 14.0 Å². The Bertz CT molecular complexity index is 810. The molecule has 0 aliphatic carbocycles. The van der Waals surface area contributed by atoms with Crippen molar-refractivity contribution >= 4 is 34.4 Å². The van der Waals surface area contributed by atoms with E-state index in [0.29, 0.717) is 55.6 Å². The van der Waals surface area contributed by atoms with Crippen molar-refractivity contribution in [1.82, 2.24) is 15.1 Å². The summed E-state index contributed by atoms with van der Waals surface area (Å²) in [5.74, 6) is 0.304. The standard InChI is InChI=1S/C19H24ClN3O3/c1-3-6-21-17(24)12-22-7-9-23(10-8-22)19(25)18-13(2)15-11-14(20)4-5-16(15)26-18/h4-5,11H,3,6-10,12H2,1-2H3,(H,21,24). The van der Waals surface area contributed by atoms with Gasteiger partial charge in [-0.1, -0.05) is 18.5 Å². The SMILES string of the molecule is CCCNC(=O)CN1CCN(C(=O)c2oc3ccc(Cl)cc3c2C)CC1. The van der Waals surface area contributed by atoms with Crippen LogP contribution in [0.3, 0.4) is 0 Å². The van der Waals surface area contributed by atoms with Gasteiger partial charge in [-0.15, -0.1) is 0 Å². The van der Waals surface area contributed by atoms with Crippen LogP contribution in [0.5, 0.6) is 0 Å². The number of amides is 2. The highest BCUT2D eigenvalue weighted by molar-refractivity contribution is 6.31. The highest BCUT2D eigenvalue weighted by Crippen LogP contribution is 2.28. The van der Waals surface area contributed by atoms with E-state index in [0.717, 1.165) is 17.4 Å². The largest absolute Gasteiger partial charge is 0.451 e. The first kappa shape index (κ1) is 18.7. The Hall–Kier alpha value is -2.05. The van der Waals surface area contributed by atoms with Crippen molar-refractivity contribution in [2.75, 3.05) is 39.3 Å². The monoisotopic (exact) mass is 377 g/mol. The number of nitrogens with zero attached hydrogens (tertiary/aromatic N) is 2. The fourth-order valence-electron chi connectivity index (χ4n) is 3.17. The van der Waals surface area contributed by atoms with Crippen molar-refractivity contribution in [3.8, 4) is 0 Å². The molecule has 1 aromatic heterocycles. The number of fused-ring (bicyclic) bond motifs is 1. The zero-order valence-corrected chi connectivity index (χ0v) is 15.9. The molecular formula is C19H24ClN3O3. The first-order valence-corrected chi connectivity index (χ1v) is 9.34. The van der Waals surface area contributed by atoms with Crippen LogP contribution >= 0.6 is 11.6 Å². The van der Waals surface area contributed by atoms with E-state index >= 15 is 0 Å².